The summed E-state index contributed by atoms with van der Waals surface area (Å²) >= 11 is 0. The first kappa shape index (κ1) is 14.7. The van der Waals surface area contributed by atoms with E-state index in [0.717, 1.165) is 37.2 Å². The summed E-state index contributed by atoms with van der Waals surface area (Å²) in [6.45, 7) is 2.04. The molecule has 3 heterocycles. The number of aryl methyl sites for hydroxylation is 1. The molecule has 1 fully saturated rings. The number of benzene rings is 1. The molecule has 23 heavy (non-hydrogen) atoms. The van der Waals surface area contributed by atoms with E-state index in [-0.39, 0.29) is 5.75 Å². The molecular formula is C16H19N3O3S. The van der Waals surface area contributed by atoms with Gasteiger partial charge >= 0.3 is 0 Å². The second-order valence-electron chi connectivity index (χ2n) is 6.06. The Morgan fingerprint density at radius 2 is 1.91 bits per heavy atom. The minimum Gasteiger partial charge on any atom is -0.381 e. The van der Waals surface area contributed by atoms with Gasteiger partial charge in [-0.25, -0.2) is 13.1 Å². The zero-order valence-electron chi connectivity index (χ0n) is 12.7. The largest absolute Gasteiger partial charge is 0.381 e. The van der Waals surface area contributed by atoms with Crippen LogP contribution in [0, 0.1) is 0 Å². The first-order valence-electron chi connectivity index (χ1n) is 7.87. The molecular weight excluding hydrogens is 314 g/mol. The summed E-state index contributed by atoms with van der Waals surface area (Å²) in [6, 6.07) is 8.36. The van der Waals surface area contributed by atoms with Crippen LogP contribution in [-0.2, 0) is 21.3 Å². The van der Waals surface area contributed by atoms with Crippen molar-refractivity contribution < 1.29 is 13.2 Å². The molecule has 0 saturated carbocycles. The third-order valence-electron chi connectivity index (χ3n) is 4.58. The lowest BCUT2D eigenvalue weighted by molar-refractivity contribution is 0.0853. The highest BCUT2D eigenvalue weighted by molar-refractivity contribution is 7.92. The third kappa shape index (κ3) is 2.86. The van der Waals surface area contributed by atoms with Gasteiger partial charge in [-0.15, -0.1) is 0 Å². The van der Waals surface area contributed by atoms with Crippen LogP contribution < -0.4 is 4.72 Å². The van der Waals surface area contributed by atoms with E-state index >= 15 is 0 Å². The van der Waals surface area contributed by atoms with Gasteiger partial charge in [-0.3, -0.25) is 4.72 Å². The maximum absolute atomic E-state index is 11.8. The quantitative estimate of drug-likeness (QED) is 0.914. The smallest absolute Gasteiger partial charge is 0.235 e. The number of sulfonamides is 1. The average molecular weight is 333 g/mol. The highest BCUT2D eigenvalue weighted by Gasteiger charge is 2.24. The van der Waals surface area contributed by atoms with Gasteiger partial charge in [-0.1, -0.05) is 24.3 Å². The van der Waals surface area contributed by atoms with Gasteiger partial charge in [0.15, 0.2) is 0 Å². The van der Waals surface area contributed by atoms with Crippen LogP contribution in [0.25, 0.3) is 11.1 Å². The van der Waals surface area contributed by atoms with Crippen molar-refractivity contribution >= 4 is 15.8 Å². The Balaban J connectivity index is 1.63. The van der Waals surface area contributed by atoms with Crippen molar-refractivity contribution in [1.82, 2.24) is 9.78 Å². The number of aromatic nitrogens is 2. The summed E-state index contributed by atoms with van der Waals surface area (Å²) in [4.78, 5) is 0. The number of hydrogen-bond donors (Lipinski definition) is 1. The number of nitrogens with zero attached hydrogens (tertiary/aromatic N) is 2. The minimum absolute atomic E-state index is 0.0732. The topological polar surface area (TPSA) is 73.2 Å². The van der Waals surface area contributed by atoms with Gasteiger partial charge in [-0.05, 0) is 29.9 Å². The second-order valence-corrected chi connectivity index (χ2v) is 7.90. The van der Waals surface area contributed by atoms with Gasteiger partial charge in [0, 0.05) is 18.8 Å². The first-order valence-corrected chi connectivity index (χ1v) is 9.52. The molecule has 0 radical (unpaired) electrons. The number of nitrogens with one attached hydrogen (secondary N) is 1. The van der Waals surface area contributed by atoms with E-state index in [4.69, 9.17) is 4.74 Å². The normalized spacial score (nSPS) is 20.7. The number of ether oxygens (including phenoxy) is 1. The third-order valence-corrected chi connectivity index (χ3v) is 5.80. The molecule has 0 unspecified atom stereocenters. The van der Waals surface area contributed by atoms with Gasteiger partial charge in [0.1, 0.15) is 5.82 Å². The van der Waals surface area contributed by atoms with Crippen LogP contribution >= 0.6 is 0 Å². The molecule has 1 aromatic heterocycles. The SMILES string of the molecule is O=S1(=O)CCn2ncc(-c3ccc(C4CCOCC4)cc3)c2N1. The van der Waals surface area contributed by atoms with Crippen molar-refractivity contribution in [3.05, 3.63) is 36.0 Å². The van der Waals surface area contributed by atoms with Crippen LogP contribution in [0.5, 0.6) is 0 Å². The van der Waals surface area contributed by atoms with Gasteiger partial charge in [0.25, 0.3) is 0 Å². The number of anilines is 1. The van der Waals surface area contributed by atoms with E-state index in [1.807, 2.05) is 12.1 Å². The number of fused-ring (bicyclic) bond motifs is 1. The molecule has 2 aliphatic heterocycles. The van der Waals surface area contributed by atoms with Crippen molar-refractivity contribution in [2.45, 2.75) is 25.3 Å². The fourth-order valence-corrected chi connectivity index (χ4v) is 4.27. The molecule has 2 aliphatic rings. The molecule has 0 bridgehead atoms. The molecule has 0 aliphatic carbocycles. The van der Waals surface area contributed by atoms with Gasteiger partial charge in [0.05, 0.1) is 18.5 Å². The Kier molecular flexibility index (Phi) is 3.61. The zero-order chi connectivity index (χ0) is 15.9. The van der Waals surface area contributed by atoms with Gasteiger partial charge in [-0.2, -0.15) is 5.10 Å². The highest BCUT2D eigenvalue weighted by atomic mass is 32.2. The van der Waals surface area contributed by atoms with E-state index in [2.05, 4.69) is 22.0 Å². The zero-order valence-corrected chi connectivity index (χ0v) is 13.6. The monoisotopic (exact) mass is 333 g/mol. The first-order chi connectivity index (χ1) is 11.1. The van der Waals surface area contributed by atoms with Crippen molar-refractivity contribution in [3.63, 3.8) is 0 Å². The highest BCUT2D eigenvalue weighted by Crippen LogP contribution is 2.33. The summed E-state index contributed by atoms with van der Waals surface area (Å²) in [6.07, 6.45) is 3.84. The lowest BCUT2D eigenvalue weighted by atomic mass is 9.91. The second kappa shape index (κ2) is 5.65. The standard InChI is InChI=1S/C16H19N3O3S/c20-23(21)10-7-19-16(18-23)15(11-17-19)14-3-1-12(2-4-14)13-5-8-22-9-6-13/h1-4,11,13,18H,5-10H2. The van der Waals surface area contributed by atoms with Crippen LogP contribution in [0.15, 0.2) is 30.5 Å². The summed E-state index contributed by atoms with van der Waals surface area (Å²) in [5.74, 6) is 1.19. The fourth-order valence-electron chi connectivity index (χ4n) is 3.24. The summed E-state index contributed by atoms with van der Waals surface area (Å²) < 4.78 is 33.3. The predicted octanol–water partition coefficient (Wildman–Crippen LogP) is 2.20. The van der Waals surface area contributed by atoms with Crippen LogP contribution in [-0.4, -0.2) is 37.2 Å². The summed E-state index contributed by atoms with van der Waals surface area (Å²) in [7, 11) is -3.25. The molecule has 4 rings (SSSR count). The lowest BCUT2D eigenvalue weighted by Gasteiger charge is -2.22. The maximum Gasteiger partial charge on any atom is 0.235 e. The van der Waals surface area contributed by atoms with Crippen molar-refractivity contribution in [2.24, 2.45) is 0 Å². The average Bonchev–Trinajstić information content (AvgIpc) is 2.97. The van der Waals surface area contributed by atoms with Crippen molar-refractivity contribution in [3.8, 4) is 11.1 Å². The number of rotatable bonds is 2. The van der Waals surface area contributed by atoms with E-state index in [1.54, 1.807) is 10.9 Å². The molecule has 122 valence electrons. The molecule has 0 spiro atoms. The Hall–Kier alpha value is -1.86. The minimum atomic E-state index is -3.25. The Labute approximate surface area is 135 Å². The van der Waals surface area contributed by atoms with Crippen LogP contribution in [0.3, 0.4) is 0 Å². The molecule has 2 aromatic rings. The van der Waals surface area contributed by atoms with Gasteiger partial charge in [0.2, 0.25) is 10.0 Å². The maximum atomic E-state index is 11.8. The van der Waals surface area contributed by atoms with E-state index in [1.165, 1.54) is 5.56 Å². The van der Waals surface area contributed by atoms with E-state index in [9.17, 15) is 8.42 Å². The Morgan fingerprint density at radius 3 is 2.65 bits per heavy atom. The van der Waals surface area contributed by atoms with E-state index in [0.29, 0.717) is 18.3 Å². The van der Waals surface area contributed by atoms with Gasteiger partial charge < -0.3 is 4.74 Å². The fraction of sp³-hybridized carbons (Fsp3) is 0.438. The summed E-state index contributed by atoms with van der Waals surface area (Å²) in [5.41, 5.74) is 3.12. The molecule has 0 atom stereocenters. The molecule has 1 saturated heterocycles. The Morgan fingerprint density at radius 1 is 1.17 bits per heavy atom. The van der Waals surface area contributed by atoms with Crippen LogP contribution in [0.2, 0.25) is 0 Å². The van der Waals surface area contributed by atoms with Crippen LogP contribution in [0.4, 0.5) is 5.82 Å². The molecule has 6 nitrogen and oxygen atoms in total. The van der Waals surface area contributed by atoms with E-state index < -0.39 is 10.0 Å². The lowest BCUT2D eigenvalue weighted by Crippen LogP contribution is -2.28. The predicted molar refractivity (Wildman–Crippen MR) is 87.9 cm³/mol. The van der Waals surface area contributed by atoms with Crippen LogP contribution in [0.1, 0.15) is 24.3 Å². The Bertz CT molecular complexity index is 806. The molecule has 1 N–H and O–H groups in total. The molecule has 0 amide bonds. The summed E-state index contributed by atoms with van der Waals surface area (Å²) in [5, 5.41) is 4.28. The van der Waals surface area contributed by atoms with Crippen molar-refractivity contribution in [1.29, 1.82) is 0 Å². The van der Waals surface area contributed by atoms with Crippen molar-refractivity contribution in [2.75, 3.05) is 23.7 Å². The molecule has 1 aromatic carbocycles. The molecule has 7 heteroatoms. The number of hydrogen-bond acceptors (Lipinski definition) is 4.